The summed E-state index contributed by atoms with van der Waals surface area (Å²) in [5.41, 5.74) is 0. The van der Waals surface area contributed by atoms with Gasteiger partial charge in [0.2, 0.25) is 0 Å². The third-order valence-electron chi connectivity index (χ3n) is 2.51. The largest absolute Gasteiger partial charge is 0.550 e. The van der Waals surface area contributed by atoms with Gasteiger partial charge in [0.15, 0.2) is 0 Å². The van der Waals surface area contributed by atoms with Crippen LogP contribution >= 0.6 is 0 Å². The summed E-state index contributed by atoms with van der Waals surface area (Å²) in [6, 6.07) is 0. The number of carboxylic acids is 2. The van der Waals surface area contributed by atoms with Gasteiger partial charge in [-0.05, 0) is 39.5 Å². The topological polar surface area (TPSA) is 84.7 Å². The molecule has 1 N–H and O–H groups in total. The molecular weight excluding hydrogens is 284 g/mol. The van der Waals surface area contributed by atoms with E-state index in [9.17, 15) is 0 Å². The van der Waals surface area contributed by atoms with Crippen molar-refractivity contribution >= 4 is 11.9 Å². The number of quaternary nitrogens is 2. The zero-order chi connectivity index (χ0) is 18.2. The Morgan fingerprint density at radius 3 is 1.45 bits per heavy atom. The van der Waals surface area contributed by atoms with E-state index in [0.29, 0.717) is 0 Å². The van der Waals surface area contributed by atoms with E-state index < -0.39 is 11.9 Å². The van der Waals surface area contributed by atoms with Crippen molar-refractivity contribution in [2.75, 3.05) is 48.3 Å². The smallest absolute Gasteiger partial charge is 0.0780 e. The highest BCUT2D eigenvalue weighted by molar-refractivity contribution is 5.60. The standard InChI is InChI=1S/C12H29N2.2C2H4O2/c1-13(2)11-9-7-6-8-10-12-14(3,4)5;2*1-2(3)4/h6-12H2,1-5H3;2*1H3,(H,3,4)/q+1;;/p-1. The Bertz CT molecular complexity index is 254. The van der Waals surface area contributed by atoms with Crippen molar-refractivity contribution < 1.29 is 29.2 Å². The van der Waals surface area contributed by atoms with E-state index in [1.807, 2.05) is 0 Å². The highest BCUT2D eigenvalue weighted by Crippen LogP contribution is 2.04. The number of carboxylic acid groups (broad SMARTS) is 2. The Morgan fingerprint density at radius 1 is 0.818 bits per heavy atom. The van der Waals surface area contributed by atoms with Crippen LogP contribution < -0.4 is 15.1 Å². The normalized spacial score (nSPS) is 10.2. The zero-order valence-corrected chi connectivity index (χ0v) is 15.5. The van der Waals surface area contributed by atoms with Crippen LogP contribution in [-0.2, 0) is 9.59 Å². The van der Waals surface area contributed by atoms with E-state index in [1.165, 1.54) is 45.2 Å². The molecule has 134 valence electrons. The highest BCUT2D eigenvalue weighted by Gasteiger charge is 2.05. The Hall–Kier alpha value is -1.14. The van der Waals surface area contributed by atoms with Crippen LogP contribution in [-0.4, -0.2) is 64.7 Å². The molecule has 0 unspecified atom stereocenters. The van der Waals surface area contributed by atoms with Crippen LogP contribution in [0.5, 0.6) is 0 Å². The maximum Gasteiger partial charge on any atom is 0.0780 e. The van der Waals surface area contributed by atoms with E-state index in [0.717, 1.165) is 18.3 Å². The van der Waals surface area contributed by atoms with Crippen molar-refractivity contribution in [1.82, 2.24) is 0 Å². The average Bonchev–Trinajstić information content (AvgIpc) is 2.24. The second-order valence-corrected chi connectivity index (χ2v) is 6.72. The molecule has 0 saturated heterocycles. The molecule has 0 bridgehead atoms. The van der Waals surface area contributed by atoms with Gasteiger partial charge in [0.25, 0.3) is 0 Å². The molecule has 0 rings (SSSR count). The number of nitrogens with zero attached hydrogens (tertiary/aromatic N) is 1. The predicted molar refractivity (Wildman–Crippen MR) is 85.0 cm³/mol. The molecule has 0 fully saturated rings. The Kier molecular flexibility index (Phi) is 19.0. The van der Waals surface area contributed by atoms with Crippen molar-refractivity contribution in [3.8, 4) is 0 Å². The summed E-state index contributed by atoms with van der Waals surface area (Å²) < 4.78 is 1.11. The van der Waals surface area contributed by atoms with Crippen molar-refractivity contribution in [3.63, 3.8) is 0 Å². The molecule has 0 aromatic rings. The Labute approximate surface area is 136 Å². The number of carbonyl (C=O) groups is 2. The van der Waals surface area contributed by atoms with Gasteiger partial charge in [-0.3, -0.25) is 0 Å². The summed E-state index contributed by atoms with van der Waals surface area (Å²) in [5.74, 6) is -2.17. The lowest BCUT2D eigenvalue weighted by atomic mass is 10.1. The third kappa shape index (κ3) is 61.9. The van der Waals surface area contributed by atoms with E-state index in [4.69, 9.17) is 19.8 Å². The van der Waals surface area contributed by atoms with Crippen LogP contribution in [0.2, 0.25) is 0 Å². The average molecular weight is 320 g/mol. The van der Waals surface area contributed by atoms with Gasteiger partial charge in [-0.2, -0.15) is 0 Å². The van der Waals surface area contributed by atoms with Gasteiger partial charge in [0, 0.05) is 11.9 Å². The first kappa shape index (κ1) is 25.8. The van der Waals surface area contributed by atoms with Crippen molar-refractivity contribution in [2.45, 2.75) is 46.0 Å². The lowest BCUT2D eigenvalue weighted by molar-refractivity contribution is -0.870. The van der Waals surface area contributed by atoms with Crippen LogP contribution in [0.4, 0.5) is 0 Å². The molecule has 0 heterocycles. The molecule has 0 radical (unpaired) electrons. The molecule has 6 heteroatoms. The number of hydrogen-bond acceptors (Lipinski definition) is 4. The highest BCUT2D eigenvalue weighted by atomic mass is 16.4. The number of unbranched alkanes of at least 4 members (excludes halogenated alkanes) is 4. The minimum absolute atomic E-state index is 0.972. The first-order valence-electron chi connectivity index (χ1n) is 7.83. The summed E-state index contributed by atoms with van der Waals surface area (Å²) in [5, 5.41) is 17.8. The Morgan fingerprint density at radius 2 is 1.14 bits per heavy atom. The van der Waals surface area contributed by atoms with Gasteiger partial charge < -0.3 is 29.2 Å². The molecule has 0 atom stereocenters. The van der Waals surface area contributed by atoms with Gasteiger partial charge in [-0.1, -0.05) is 6.42 Å². The van der Waals surface area contributed by atoms with Crippen LogP contribution in [0, 0.1) is 0 Å². The predicted octanol–water partition coefficient (Wildman–Crippen LogP) is -1.70. The summed E-state index contributed by atoms with van der Waals surface area (Å²) in [6.45, 7) is 4.59. The van der Waals surface area contributed by atoms with Gasteiger partial charge in [-0.15, -0.1) is 0 Å². The Balaban J connectivity index is -0.000000372. The maximum absolute atomic E-state index is 8.89. The van der Waals surface area contributed by atoms with Crippen molar-refractivity contribution in [2.24, 2.45) is 0 Å². The molecule has 0 amide bonds. The van der Waals surface area contributed by atoms with Gasteiger partial charge >= 0.3 is 0 Å². The monoisotopic (exact) mass is 320 g/mol. The van der Waals surface area contributed by atoms with Gasteiger partial charge in [0.1, 0.15) is 0 Å². The fraction of sp³-hybridized carbons (Fsp3) is 0.875. The maximum atomic E-state index is 8.89. The van der Waals surface area contributed by atoms with E-state index in [1.54, 1.807) is 4.90 Å². The van der Waals surface area contributed by atoms with E-state index >= 15 is 0 Å². The number of hydrogen-bond donors (Lipinski definition) is 1. The van der Waals surface area contributed by atoms with Gasteiger partial charge in [0.05, 0.1) is 48.3 Å². The molecule has 0 aliphatic carbocycles. The molecule has 0 aliphatic rings. The van der Waals surface area contributed by atoms with E-state index in [2.05, 4.69) is 35.2 Å². The summed E-state index contributed by atoms with van der Waals surface area (Å²) >= 11 is 0. The minimum atomic E-state index is -1.08. The number of aliphatic carboxylic acids is 2. The van der Waals surface area contributed by atoms with Crippen molar-refractivity contribution in [3.05, 3.63) is 0 Å². The second-order valence-electron chi connectivity index (χ2n) is 6.72. The SMILES string of the molecule is CC(=O)[O-].CC(=O)[O-].C[NH+](C)CCCCCCC[N+](C)(C)C. The number of nitrogens with one attached hydrogen (secondary N) is 1. The molecule has 0 aromatic heterocycles. The molecule has 6 nitrogen and oxygen atoms in total. The van der Waals surface area contributed by atoms with Crippen LogP contribution in [0.1, 0.15) is 46.0 Å². The van der Waals surface area contributed by atoms with Crippen LogP contribution in [0.25, 0.3) is 0 Å². The first-order chi connectivity index (χ1) is 9.88. The van der Waals surface area contributed by atoms with Crippen LogP contribution in [0.3, 0.4) is 0 Å². The van der Waals surface area contributed by atoms with Crippen molar-refractivity contribution in [1.29, 1.82) is 0 Å². The van der Waals surface area contributed by atoms with Gasteiger partial charge in [-0.25, -0.2) is 0 Å². The third-order valence-corrected chi connectivity index (χ3v) is 2.51. The molecule has 0 aromatic carbocycles. The quantitative estimate of drug-likeness (QED) is 0.427. The fourth-order valence-corrected chi connectivity index (χ4v) is 1.60. The minimum Gasteiger partial charge on any atom is -0.550 e. The molecule has 0 saturated carbocycles. The second kappa shape index (κ2) is 16.2. The van der Waals surface area contributed by atoms with Crippen LogP contribution in [0.15, 0.2) is 0 Å². The molecular formula is C16H36N2O4. The zero-order valence-electron chi connectivity index (χ0n) is 15.5. The number of rotatable bonds is 8. The summed E-state index contributed by atoms with van der Waals surface area (Å²) in [6.07, 6.45) is 7.04. The summed E-state index contributed by atoms with van der Waals surface area (Å²) in [7, 11) is 11.3. The number of carbonyl (C=O) groups excluding carboxylic acids is 2. The summed E-state index contributed by atoms with van der Waals surface area (Å²) in [4.78, 5) is 19.4. The lowest BCUT2D eigenvalue weighted by Gasteiger charge is -2.23. The molecule has 0 aliphatic heterocycles. The molecule has 0 spiro atoms. The fourth-order valence-electron chi connectivity index (χ4n) is 1.60. The first-order valence-corrected chi connectivity index (χ1v) is 7.83. The lowest BCUT2D eigenvalue weighted by Crippen LogP contribution is -3.05. The van der Waals surface area contributed by atoms with E-state index in [-0.39, 0.29) is 0 Å². The molecule has 22 heavy (non-hydrogen) atoms.